The number of nitrogens with zero attached hydrogens (tertiary/aromatic N) is 5. The van der Waals surface area contributed by atoms with Crippen LogP contribution in [0.1, 0.15) is 5.56 Å². The van der Waals surface area contributed by atoms with Crippen LogP contribution < -0.4 is 5.73 Å². The molecule has 0 bridgehead atoms. The first-order chi connectivity index (χ1) is 9.97. The fourth-order valence-electron chi connectivity index (χ4n) is 1.80. The van der Waals surface area contributed by atoms with Crippen molar-refractivity contribution in [3.63, 3.8) is 0 Å². The van der Waals surface area contributed by atoms with Crippen LogP contribution in [0.15, 0.2) is 30.7 Å². The van der Waals surface area contributed by atoms with Crippen LogP contribution in [-0.2, 0) is 6.18 Å². The first-order valence-electron chi connectivity index (χ1n) is 5.73. The predicted octanol–water partition coefficient (Wildman–Crippen LogP) is 2.08. The van der Waals surface area contributed by atoms with Crippen LogP contribution >= 0.6 is 0 Å². The van der Waals surface area contributed by atoms with Crippen molar-refractivity contribution >= 4 is 16.9 Å². The van der Waals surface area contributed by atoms with Crippen molar-refractivity contribution < 1.29 is 13.2 Å². The molecule has 0 atom stereocenters. The van der Waals surface area contributed by atoms with Crippen LogP contribution in [0, 0.1) is 0 Å². The van der Waals surface area contributed by atoms with Crippen LogP contribution in [0.2, 0.25) is 0 Å². The fourth-order valence-corrected chi connectivity index (χ4v) is 1.80. The Morgan fingerprint density at radius 1 is 1.05 bits per heavy atom. The molecule has 3 aromatic rings. The molecule has 0 spiro atoms. The number of aromatic nitrogens is 5. The first kappa shape index (κ1) is 13.2. The number of halogens is 3. The Bertz CT molecular complexity index is 817. The molecule has 106 valence electrons. The smallest absolute Gasteiger partial charge is 0.397 e. The van der Waals surface area contributed by atoms with E-state index in [1.165, 1.54) is 18.5 Å². The lowest BCUT2D eigenvalue weighted by molar-refractivity contribution is -0.137. The van der Waals surface area contributed by atoms with Gasteiger partial charge in [-0.05, 0) is 12.1 Å². The third-order valence-corrected chi connectivity index (χ3v) is 2.75. The van der Waals surface area contributed by atoms with Crippen molar-refractivity contribution in [1.82, 2.24) is 25.1 Å². The van der Waals surface area contributed by atoms with Gasteiger partial charge in [0.1, 0.15) is 16.9 Å². The largest absolute Gasteiger partial charge is 0.418 e. The van der Waals surface area contributed by atoms with Gasteiger partial charge in [0.25, 0.3) is 0 Å². The highest BCUT2D eigenvalue weighted by Gasteiger charge is 2.35. The topological polar surface area (TPSA) is 90.5 Å². The summed E-state index contributed by atoms with van der Waals surface area (Å²) in [6.07, 6.45) is -1.03. The number of alkyl halides is 3. The summed E-state index contributed by atoms with van der Waals surface area (Å²) in [6, 6.07) is 2.36. The van der Waals surface area contributed by atoms with E-state index in [9.17, 15) is 13.2 Å². The molecular formula is C12H7F3N6. The first-order valence-corrected chi connectivity index (χ1v) is 5.73. The number of nitrogen functional groups attached to an aromatic ring is 1. The van der Waals surface area contributed by atoms with Gasteiger partial charge in [-0.25, -0.2) is 15.0 Å². The Morgan fingerprint density at radius 3 is 2.62 bits per heavy atom. The maximum Gasteiger partial charge on any atom is 0.418 e. The average molecular weight is 292 g/mol. The normalized spacial score (nSPS) is 11.8. The highest BCUT2D eigenvalue weighted by molar-refractivity contribution is 5.84. The van der Waals surface area contributed by atoms with E-state index in [-0.39, 0.29) is 11.3 Å². The molecule has 0 aliphatic carbocycles. The summed E-state index contributed by atoms with van der Waals surface area (Å²) in [6.45, 7) is 0. The highest BCUT2D eigenvalue weighted by atomic mass is 19.4. The van der Waals surface area contributed by atoms with Crippen molar-refractivity contribution in [1.29, 1.82) is 0 Å². The molecule has 0 fully saturated rings. The molecule has 0 aliphatic heterocycles. The number of nitrogens with two attached hydrogens (primary N) is 1. The summed E-state index contributed by atoms with van der Waals surface area (Å²) in [5.74, 6) is 0. The van der Waals surface area contributed by atoms with Gasteiger partial charge in [-0.2, -0.15) is 18.3 Å². The lowest BCUT2D eigenvalue weighted by atomic mass is 10.1. The number of hydrogen-bond donors (Lipinski definition) is 1. The molecule has 2 N–H and O–H groups in total. The van der Waals surface area contributed by atoms with Gasteiger partial charge in [0.2, 0.25) is 0 Å². The minimum Gasteiger partial charge on any atom is -0.397 e. The second-order valence-electron chi connectivity index (χ2n) is 4.12. The summed E-state index contributed by atoms with van der Waals surface area (Å²) >= 11 is 0. The quantitative estimate of drug-likeness (QED) is 0.738. The SMILES string of the molecule is Nc1ccnc2nc(-c3nnccc3C(F)(F)F)cnc12. The Morgan fingerprint density at radius 2 is 1.86 bits per heavy atom. The van der Waals surface area contributed by atoms with E-state index in [0.29, 0.717) is 11.2 Å². The van der Waals surface area contributed by atoms with Gasteiger partial charge >= 0.3 is 6.18 Å². The molecule has 3 heterocycles. The molecule has 6 nitrogen and oxygen atoms in total. The van der Waals surface area contributed by atoms with E-state index in [1.54, 1.807) is 0 Å². The zero-order chi connectivity index (χ0) is 15.0. The lowest BCUT2D eigenvalue weighted by Crippen LogP contribution is -2.10. The molecule has 0 amide bonds. The predicted molar refractivity (Wildman–Crippen MR) is 67.8 cm³/mol. The minimum atomic E-state index is -4.56. The van der Waals surface area contributed by atoms with Gasteiger partial charge in [-0.3, -0.25) is 0 Å². The zero-order valence-corrected chi connectivity index (χ0v) is 10.3. The molecule has 21 heavy (non-hydrogen) atoms. The maximum atomic E-state index is 13.0. The van der Waals surface area contributed by atoms with Gasteiger partial charge < -0.3 is 5.73 Å². The van der Waals surface area contributed by atoms with E-state index in [2.05, 4.69) is 25.1 Å². The van der Waals surface area contributed by atoms with Crippen LogP contribution in [0.25, 0.3) is 22.6 Å². The fraction of sp³-hybridized carbons (Fsp3) is 0.0833. The van der Waals surface area contributed by atoms with E-state index in [4.69, 9.17) is 5.73 Å². The van der Waals surface area contributed by atoms with E-state index >= 15 is 0 Å². The maximum absolute atomic E-state index is 13.0. The van der Waals surface area contributed by atoms with Crippen LogP contribution in [0.4, 0.5) is 18.9 Å². The van der Waals surface area contributed by atoms with E-state index in [1.807, 2.05) is 0 Å². The molecule has 3 rings (SSSR count). The Kier molecular flexibility index (Phi) is 2.89. The summed E-state index contributed by atoms with van der Waals surface area (Å²) in [5, 5.41) is 6.98. The molecule has 0 unspecified atom stereocenters. The number of rotatable bonds is 1. The zero-order valence-electron chi connectivity index (χ0n) is 10.3. The molecule has 0 aromatic carbocycles. The molecule has 0 radical (unpaired) electrons. The van der Waals surface area contributed by atoms with E-state index < -0.39 is 17.4 Å². The summed E-state index contributed by atoms with van der Waals surface area (Å²) < 4.78 is 38.9. The standard InChI is InChI=1S/C12H7F3N6/c13-12(14,15)6-1-4-19-21-9(6)8-5-18-10-7(16)2-3-17-11(10)20-8/h1-5H,(H2,16,17,20). The number of anilines is 1. The van der Waals surface area contributed by atoms with Crippen LogP contribution in [-0.4, -0.2) is 25.1 Å². The van der Waals surface area contributed by atoms with Crippen molar-refractivity contribution in [3.8, 4) is 11.4 Å². The number of pyridine rings is 1. The Labute approximate surface area is 115 Å². The third kappa shape index (κ3) is 2.33. The minimum absolute atomic E-state index is 0.0685. The van der Waals surface area contributed by atoms with Gasteiger partial charge in [-0.15, -0.1) is 5.10 Å². The summed E-state index contributed by atoms with van der Waals surface area (Å²) in [4.78, 5) is 12.0. The third-order valence-electron chi connectivity index (χ3n) is 2.75. The molecule has 0 aliphatic rings. The summed E-state index contributed by atoms with van der Waals surface area (Å²) in [7, 11) is 0. The van der Waals surface area contributed by atoms with Gasteiger partial charge in [0.05, 0.1) is 23.6 Å². The van der Waals surface area contributed by atoms with Crippen molar-refractivity contribution in [2.45, 2.75) is 6.18 Å². The van der Waals surface area contributed by atoms with Crippen molar-refractivity contribution in [3.05, 3.63) is 36.3 Å². The lowest BCUT2D eigenvalue weighted by Gasteiger charge is -2.10. The van der Waals surface area contributed by atoms with Gasteiger partial charge in [0, 0.05) is 6.20 Å². The van der Waals surface area contributed by atoms with Gasteiger partial charge in [-0.1, -0.05) is 0 Å². The Balaban J connectivity index is 2.22. The monoisotopic (exact) mass is 292 g/mol. The van der Waals surface area contributed by atoms with Crippen LogP contribution in [0.5, 0.6) is 0 Å². The summed E-state index contributed by atoms with van der Waals surface area (Å²) in [5.41, 5.74) is 5.10. The van der Waals surface area contributed by atoms with Crippen LogP contribution in [0.3, 0.4) is 0 Å². The van der Waals surface area contributed by atoms with E-state index in [0.717, 1.165) is 12.3 Å². The van der Waals surface area contributed by atoms with Crippen molar-refractivity contribution in [2.24, 2.45) is 0 Å². The molecule has 0 saturated heterocycles. The van der Waals surface area contributed by atoms with Gasteiger partial charge in [0.15, 0.2) is 5.65 Å². The molecular weight excluding hydrogens is 285 g/mol. The average Bonchev–Trinajstić information content (AvgIpc) is 2.46. The molecule has 0 saturated carbocycles. The second kappa shape index (κ2) is 4.62. The second-order valence-corrected chi connectivity index (χ2v) is 4.12. The number of hydrogen-bond acceptors (Lipinski definition) is 6. The molecule has 3 aromatic heterocycles. The molecule has 9 heteroatoms. The number of fused-ring (bicyclic) bond motifs is 1. The Hall–Kier alpha value is -2.84. The highest BCUT2D eigenvalue weighted by Crippen LogP contribution is 2.34. The van der Waals surface area contributed by atoms with Crippen molar-refractivity contribution in [2.75, 3.05) is 5.73 Å².